The lowest BCUT2D eigenvalue weighted by Gasteiger charge is -2.16. The first-order chi connectivity index (χ1) is 26.7. The summed E-state index contributed by atoms with van der Waals surface area (Å²) in [5.74, 6) is 0. The third-order valence-corrected chi connectivity index (χ3v) is 11.6. The molecule has 4 aromatic heterocycles. The molecule has 0 aliphatic rings. The van der Waals surface area contributed by atoms with Gasteiger partial charge in [-0.05, 0) is 127 Å². The van der Waals surface area contributed by atoms with Crippen molar-refractivity contribution in [3.8, 4) is 22.3 Å². The van der Waals surface area contributed by atoms with Gasteiger partial charge >= 0.3 is 0 Å². The maximum atomic E-state index is 6.30. The number of fused-ring (bicyclic) bond motifs is 16. The highest BCUT2D eigenvalue weighted by atomic mass is 16.3. The van der Waals surface area contributed by atoms with Crippen molar-refractivity contribution < 1.29 is 17.7 Å². The van der Waals surface area contributed by atoms with Crippen molar-refractivity contribution in [2.24, 2.45) is 0 Å². The molecule has 13 rings (SSSR count). The Balaban J connectivity index is 1.15. The van der Waals surface area contributed by atoms with Crippen molar-refractivity contribution in [3.05, 3.63) is 158 Å². The Bertz CT molecular complexity index is 3490. The van der Waals surface area contributed by atoms with E-state index in [1.54, 1.807) is 12.5 Å². The third-order valence-electron chi connectivity index (χ3n) is 11.6. The third kappa shape index (κ3) is 3.76. The van der Waals surface area contributed by atoms with Gasteiger partial charge in [-0.25, -0.2) is 0 Å². The summed E-state index contributed by atoms with van der Waals surface area (Å²) in [7, 11) is 0. The summed E-state index contributed by atoms with van der Waals surface area (Å²) in [5, 5.41) is 15.6. The molecule has 54 heavy (non-hydrogen) atoms. The van der Waals surface area contributed by atoms with E-state index in [0.29, 0.717) is 0 Å². The molecule has 0 saturated carbocycles. The molecule has 0 fully saturated rings. The van der Waals surface area contributed by atoms with Gasteiger partial charge in [0.05, 0.1) is 12.5 Å². The van der Waals surface area contributed by atoms with Crippen LogP contribution >= 0.6 is 0 Å². The molecule has 0 aliphatic carbocycles. The zero-order chi connectivity index (χ0) is 35.1. The van der Waals surface area contributed by atoms with Gasteiger partial charge in [-0.3, -0.25) is 0 Å². The second kappa shape index (κ2) is 10.2. The molecule has 13 aromatic rings. The Labute approximate surface area is 306 Å². The molecule has 0 atom stereocenters. The van der Waals surface area contributed by atoms with Gasteiger partial charge in [0, 0.05) is 43.1 Å². The SMILES string of the molecule is c1ccc2c(c1)oc1ccc(-c3cc4cc5cc(-c6ccc7oc8ccccc8c7c6)c6ccc7ccoc7c6c5cc4c4c3ccc3ccoc34)cc12. The minimum absolute atomic E-state index is 0.884. The fourth-order valence-electron chi connectivity index (χ4n) is 9.09. The lowest BCUT2D eigenvalue weighted by Crippen LogP contribution is -1.89. The van der Waals surface area contributed by atoms with E-state index in [4.69, 9.17) is 17.7 Å². The Morgan fingerprint density at radius 1 is 0.296 bits per heavy atom. The van der Waals surface area contributed by atoms with E-state index >= 15 is 0 Å². The molecule has 0 unspecified atom stereocenters. The Morgan fingerprint density at radius 2 is 0.778 bits per heavy atom. The second-order valence-corrected chi connectivity index (χ2v) is 14.4. The quantitative estimate of drug-likeness (QED) is 0.134. The van der Waals surface area contributed by atoms with Crippen molar-refractivity contribution in [1.82, 2.24) is 0 Å². The summed E-state index contributed by atoms with van der Waals surface area (Å²) in [5.41, 5.74) is 9.88. The van der Waals surface area contributed by atoms with Gasteiger partial charge in [0.25, 0.3) is 0 Å². The zero-order valence-corrected chi connectivity index (χ0v) is 28.6. The number of hydrogen-bond acceptors (Lipinski definition) is 4. The molecule has 0 spiro atoms. The van der Waals surface area contributed by atoms with Gasteiger partial charge in [0.2, 0.25) is 0 Å². The molecule has 0 bridgehead atoms. The van der Waals surface area contributed by atoms with Crippen LogP contribution in [-0.4, -0.2) is 0 Å². The van der Waals surface area contributed by atoms with Crippen molar-refractivity contribution in [2.45, 2.75) is 0 Å². The van der Waals surface area contributed by atoms with E-state index in [9.17, 15) is 0 Å². The van der Waals surface area contributed by atoms with E-state index in [1.807, 2.05) is 36.4 Å². The fraction of sp³-hybridized carbons (Fsp3) is 0. The van der Waals surface area contributed by atoms with Gasteiger partial charge < -0.3 is 17.7 Å². The van der Waals surface area contributed by atoms with Gasteiger partial charge in [-0.1, -0.05) is 72.8 Å². The topological polar surface area (TPSA) is 52.6 Å². The predicted molar refractivity (Wildman–Crippen MR) is 221 cm³/mol. The standard InChI is InChI=1S/C50H26O4/c1-3-7-43-33(5-1)41-22-29(11-15-45(41)53-43)37-24-31-21-32-25-38(30-12-16-46-42(23-30)34-6-2-4-8-44(34)54-46)36-14-10-28-18-20-52-50(28)48(36)40(32)26-39(31)47-35(37)13-9-27-17-19-51-49(27)47/h1-26H. The molecular formula is C50H26O4. The van der Waals surface area contributed by atoms with Gasteiger partial charge in [-0.2, -0.15) is 0 Å². The van der Waals surface area contributed by atoms with Gasteiger partial charge in [0.1, 0.15) is 33.5 Å². The summed E-state index contributed by atoms with van der Waals surface area (Å²) >= 11 is 0. The van der Waals surface area contributed by atoms with Crippen LogP contribution in [0.3, 0.4) is 0 Å². The summed E-state index contributed by atoms with van der Waals surface area (Å²) in [6, 6.07) is 51.9. The number of benzene rings is 9. The maximum absolute atomic E-state index is 6.30. The number of hydrogen-bond donors (Lipinski definition) is 0. The monoisotopic (exact) mass is 690 g/mol. The van der Waals surface area contributed by atoms with E-state index in [2.05, 4.69) is 109 Å². The smallest absolute Gasteiger partial charge is 0.142 e. The number of rotatable bonds is 2. The Morgan fingerprint density at radius 3 is 1.30 bits per heavy atom. The highest BCUT2D eigenvalue weighted by Gasteiger charge is 2.20. The minimum Gasteiger partial charge on any atom is -0.464 e. The molecule has 4 heteroatoms. The maximum Gasteiger partial charge on any atom is 0.142 e. The average molecular weight is 691 g/mol. The molecule has 0 N–H and O–H groups in total. The van der Waals surface area contributed by atoms with E-state index < -0.39 is 0 Å². The average Bonchev–Trinajstić information content (AvgIpc) is 4.03. The normalized spacial score (nSPS) is 12.4. The first kappa shape index (κ1) is 28.3. The van der Waals surface area contributed by atoms with E-state index in [1.165, 1.54) is 0 Å². The van der Waals surface area contributed by atoms with Gasteiger partial charge in [-0.15, -0.1) is 0 Å². The van der Waals surface area contributed by atoms with Crippen LogP contribution < -0.4 is 0 Å². The fourth-order valence-corrected chi connectivity index (χ4v) is 9.09. The van der Waals surface area contributed by atoms with Crippen LogP contribution in [0.2, 0.25) is 0 Å². The van der Waals surface area contributed by atoms with E-state index in [0.717, 1.165) is 131 Å². The molecule has 4 nitrogen and oxygen atoms in total. The Kier molecular flexibility index (Phi) is 5.34. The number of para-hydroxylation sites is 2. The van der Waals surface area contributed by atoms with Crippen LogP contribution in [0.1, 0.15) is 0 Å². The van der Waals surface area contributed by atoms with Crippen molar-refractivity contribution >= 4 is 109 Å². The van der Waals surface area contributed by atoms with E-state index in [-0.39, 0.29) is 0 Å². The molecule has 4 heterocycles. The lowest BCUT2D eigenvalue weighted by atomic mass is 9.87. The summed E-state index contributed by atoms with van der Waals surface area (Å²) in [6.07, 6.45) is 3.59. The predicted octanol–water partition coefficient (Wildman–Crippen LogP) is 14.9. The molecular weight excluding hydrogens is 665 g/mol. The largest absolute Gasteiger partial charge is 0.464 e. The first-order valence-electron chi connectivity index (χ1n) is 18.2. The van der Waals surface area contributed by atoms with Crippen LogP contribution in [-0.2, 0) is 0 Å². The molecule has 0 amide bonds. The van der Waals surface area contributed by atoms with Crippen LogP contribution in [0.25, 0.3) is 131 Å². The van der Waals surface area contributed by atoms with Crippen LogP contribution in [0.15, 0.2) is 176 Å². The van der Waals surface area contributed by atoms with Crippen LogP contribution in [0.4, 0.5) is 0 Å². The minimum atomic E-state index is 0.884. The lowest BCUT2D eigenvalue weighted by molar-refractivity contribution is 0.619. The van der Waals surface area contributed by atoms with Crippen molar-refractivity contribution in [2.75, 3.05) is 0 Å². The summed E-state index contributed by atoms with van der Waals surface area (Å²) in [6.45, 7) is 0. The number of furan rings is 4. The van der Waals surface area contributed by atoms with Crippen LogP contribution in [0.5, 0.6) is 0 Å². The van der Waals surface area contributed by atoms with Crippen molar-refractivity contribution in [3.63, 3.8) is 0 Å². The first-order valence-corrected chi connectivity index (χ1v) is 18.2. The zero-order valence-electron chi connectivity index (χ0n) is 28.6. The second-order valence-electron chi connectivity index (χ2n) is 14.4. The summed E-state index contributed by atoms with van der Waals surface area (Å²) in [4.78, 5) is 0. The molecule has 0 radical (unpaired) electrons. The highest BCUT2D eigenvalue weighted by Crippen LogP contribution is 2.46. The van der Waals surface area contributed by atoms with Crippen LogP contribution in [0, 0.1) is 0 Å². The Hall–Kier alpha value is -7.30. The molecule has 0 aliphatic heterocycles. The highest BCUT2D eigenvalue weighted by molar-refractivity contribution is 6.29. The summed E-state index contributed by atoms with van der Waals surface area (Å²) < 4.78 is 25.0. The molecule has 0 saturated heterocycles. The van der Waals surface area contributed by atoms with Crippen molar-refractivity contribution in [1.29, 1.82) is 0 Å². The molecule has 250 valence electrons. The molecule has 9 aromatic carbocycles. The van der Waals surface area contributed by atoms with Gasteiger partial charge in [0.15, 0.2) is 0 Å².